The zero-order valence-corrected chi connectivity index (χ0v) is 8.06. The Balaban J connectivity index is 2.32. The standard InChI is InChI=1S/C11H11NO3/c13-10-8-4-2-1-3-7(8)5-6-9(12-10)11(14)15/h1-4,9H,5-6H2,(H,12,13)(H,14,15). The van der Waals surface area contributed by atoms with Crippen molar-refractivity contribution in [1.82, 2.24) is 5.32 Å². The van der Waals surface area contributed by atoms with Crippen molar-refractivity contribution in [3.63, 3.8) is 0 Å². The maximum atomic E-state index is 11.6. The van der Waals surface area contributed by atoms with Gasteiger partial charge in [0, 0.05) is 5.56 Å². The smallest absolute Gasteiger partial charge is 0.326 e. The molecule has 4 nitrogen and oxygen atoms in total. The molecule has 1 aromatic rings. The van der Waals surface area contributed by atoms with Gasteiger partial charge in [0.05, 0.1) is 0 Å². The molecule has 1 aromatic carbocycles. The van der Waals surface area contributed by atoms with Crippen molar-refractivity contribution in [3.05, 3.63) is 35.4 Å². The molecular weight excluding hydrogens is 194 g/mol. The summed E-state index contributed by atoms with van der Waals surface area (Å²) in [6.45, 7) is 0. The number of aryl methyl sites for hydroxylation is 1. The number of carboxylic acids is 1. The van der Waals surface area contributed by atoms with E-state index in [1.165, 1.54) is 0 Å². The van der Waals surface area contributed by atoms with Crippen molar-refractivity contribution in [1.29, 1.82) is 0 Å². The lowest BCUT2D eigenvalue weighted by Crippen LogP contribution is -2.39. The summed E-state index contributed by atoms with van der Waals surface area (Å²) < 4.78 is 0. The number of rotatable bonds is 1. The highest BCUT2D eigenvalue weighted by Gasteiger charge is 2.25. The molecule has 1 aliphatic rings. The van der Waals surface area contributed by atoms with Gasteiger partial charge >= 0.3 is 5.97 Å². The van der Waals surface area contributed by atoms with E-state index in [4.69, 9.17) is 5.11 Å². The average molecular weight is 205 g/mol. The highest BCUT2D eigenvalue weighted by Crippen LogP contribution is 2.16. The number of aliphatic carboxylic acids is 1. The third-order valence-electron chi connectivity index (χ3n) is 2.57. The summed E-state index contributed by atoms with van der Waals surface area (Å²) in [5.74, 6) is -1.27. The number of benzene rings is 1. The van der Waals surface area contributed by atoms with Gasteiger partial charge in [-0.15, -0.1) is 0 Å². The van der Waals surface area contributed by atoms with Crippen molar-refractivity contribution in [2.75, 3.05) is 0 Å². The van der Waals surface area contributed by atoms with Crippen molar-refractivity contribution in [2.24, 2.45) is 0 Å². The number of fused-ring (bicyclic) bond motifs is 1. The molecule has 78 valence electrons. The molecule has 0 saturated carbocycles. The van der Waals surface area contributed by atoms with E-state index in [2.05, 4.69) is 5.32 Å². The molecule has 2 rings (SSSR count). The van der Waals surface area contributed by atoms with E-state index in [0.29, 0.717) is 18.4 Å². The highest BCUT2D eigenvalue weighted by molar-refractivity contribution is 5.98. The Morgan fingerprint density at radius 3 is 2.87 bits per heavy atom. The van der Waals surface area contributed by atoms with Crippen LogP contribution in [-0.4, -0.2) is 23.0 Å². The number of amides is 1. The summed E-state index contributed by atoms with van der Waals surface area (Å²) in [6.07, 6.45) is 1.06. The maximum absolute atomic E-state index is 11.6. The number of hydrogen-bond acceptors (Lipinski definition) is 2. The summed E-state index contributed by atoms with van der Waals surface area (Å²) in [5.41, 5.74) is 1.50. The van der Waals surface area contributed by atoms with E-state index < -0.39 is 12.0 Å². The van der Waals surface area contributed by atoms with Crippen LogP contribution in [0, 0.1) is 0 Å². The van der Waals surface area contributed by atoms with Crippen LogP contribution in [0.25, 0.3) is 0 Å². The first-order valence-corrected chi connectivity index (χ1v) is 4.80. The molecule has 4 heteroatoms. The van der Waals surface area contributed by atoms with Gasteiger partial charge in [0.2, 0.25) is 0 Å². The van der Waals surface area contributed by atoms with Crippen LogP contribution >= 0.6 is 0 Å². The van der Waals surface area contributed by atoms with Gasteiger partial charge < -0.3 is 10.4 Å². The van der Waals surface area contributed by atoms with Gasteiger partial charge in [-0.3, -0.25) is 4.79 Å². The van der Waals surface area contributed by atoms with E-state index in [1.54, 1.807) is 12.1 Å². The first kappa shape index (κ1) is 9.71. The minimum absolute atomic E-state index is 0.296. The molecule has 0 fully saturated rings. The Hall–Kier alpha value is -1.84. The predicted octanol–water partition coefficient (Wildman–Crippen LogP) is 0.816. The van der Waals surface area contributed by atoms with Crippen molar-refractivity contribution >= 4 is 11.9 Å². The lowest BCUT2D eigenvalue weighted by Gasteiger charge is -2.09. The Morgan fingerprint density at radius 2 is 2.13 bits per heavy atom. The molecule has 0 spiro atoms. The number of hydrogen-bond donors (Lipinski definition) is 2. The van der Waals surface area contributed by atoms with Crippen molar-refractivity contribution in [3.8, 4) is 0 Å². The van der Waals surface area contributed by atoms with Crippen LogP contribution < -0.4 is 5.32 Å². The van der Waals surface area contributed by atoms with Crippen molar-refractivity contribution < 1.29 is 14.7 Å². The van der Waals surface area contributed by atoms with E-state index in [-0.39, 0.29) is 5.91 Å². The van der Waals surface area contributed by atoms with Crippen LogP contribution in [0.2, 0.25) is 0 Å². The molecule has 0 bridgehead atoms. The fraction of sp³-hybridized carbons (Fsp3) is 0.273. The molecule has 1 atom stereocenters. The van der Waals surface area contributed by atoms with Gasteiger partial charge in [-0.2, -0.15) is 0 Å². The van der Waals surface area contributed by atoms with Gasteiger partial charge in [0.25, 0.3) is 5.91 Å². The lowest BCUT2D eigenvalue weighted by molar-refractivity contribution is -0.139. The van der Waals surface area contributed by atoms with E-state index in [0.717, 1.165) is 5.56 Å². The fourth-order valence-corrected chi connectivity index (χ4v) is 1.75. The molecule has 1 heterocycles. The highest BCUT2D eigenvalue weighted by atomic mass is 16.4. The van der Waals surface area contributed by atoms with Crippen LogP contribution in [0.5, 0.6) is 0 Å². The first-order chi connectivity index (χ1) is 7.18. The zero-order valence-electron chi connectivity index (χ0n) is 8.06. The minimum Gasteiger partial charge on any atom is -0.480 e. The minimum atomic E-state index is -0.976. The first-order valence-electron chi connectivity index (χ1n) is 4.80. The Bertz CT molecular complexity index is 414. The molecule has 0 aromatic heterocycles. The molecular formula is C11H11NO3. The quantitative estimate of drug-likeness (QED) is 0.713. The van der Waals surface area contributed by atoms with Gasteiger partial charge in [0.15, 0.2) is 0 Å². The molecule has 15 heavy (non-hydrogen) atoms. The summed E-state index contributed by atoms with van der Waals surface area (Å²) in [5, 5.41) is 11.3. The van der Waals surface area contributed by atoms with Crippen LogP contribution in [0.4, 0.5) is 0 Å². The Morgan fingerprint density at radius 1 is 1.40 bits per heavy atom. The Kier molecular flexibility index (Phi) is 2.41. The van der Waals surface area contributed by atoms with E-state index in [1.807, 2.05) is 12.1 Å². The normalized spacial score (nSPS) is 20.0. The average Bonchev–Trinajstić information content (AvgIpc) is 2.39. The molecule has 1 unspecified atom stereocenters. The van der Waals surface area contributed by atoms with E-state index in [9.17, 15) is 9.59 Å². The number of carbonyl (C=O) groups is 2. The third kappa shape index (κ3) is 1.83. The lowest BCUT2D eigenvalue weighted by atomic mass is 10.0. The molecule has 0 saturated heterocycles. The second-order valence-electron chi connectivity index (χ2n) is 3.56. The summed E-state index contributed by atoms with van der Waals surface area (Å²) in [6, 6.07) is 6.44. The zero-order chi connectivity index (χ0) is 10.8. The molecule has 1 aliphatic heterocycles. The second-order valence-corrected chi connectivity index (χ2v) is 3.56. The van der Waals surface area contributed by atoms with Crippen LogP contribution in [0.15, 0.2) is 24.3 Å². The molecule has 2 N–H and O–H groups in total. The van der Waals surface area contributed by atoms with Crippen LogP contribution in [0.3, 0.4) is 0 Å². The SMILES string of the molecule is O=C1NC(C(=O)O)CCc2ccccc21. The number of nitrogens with one attached hydrogen (secondary N) is 1. The second kappa shape index (κ2) is 3.73. The predicted molar refractivity (Wildman–Crippen MR) is 53.7 cm³/mol. The molecule has 1 amide bonds. The van der Waals surface area contributed by atoms with Gasteiger partial charge in [-0.25, -0.2) is 4.79 Å². The van der Waals surface area contributed by atoms with Gasteiger partial charge in [-0.05, 0) is 24.5 Å². The van der Waals surface area contributed by atoms with Crippen LogP contribution in [-0.2, 0) is 11.2 Å². The molecule has 0 radical (unpaired) electrons. The number of carboxylic acid groups (broad SMARTS) is 1. The van der Waals surface area contributed by atoms with Crippen molar-refractivity contribution in [2.45, 2.75) is 18.9 Å². The topological polar surface area (TPSA) is 66.4 Å². The van der Waals surface area contributed by atoms with Gasteiger partial charge in [-0.1, -0.05) is 18.2 Å². The monoisotopic (exact) mass is 205 g/mol. The Labute approximate surface area is 86.9 Å². The summed E-state index contributed by atoms with van der Waals surface area (Å²) >= 11 is 0. The molecule has 0 aliphatic carbocycles. The van der Waals surface area contributed by atoms with E-state index >= 15 is 0 Å². The fourth-order valence-electron chi connectivity index (χ4n) is 1.75. The summed E-state index contributed by atoms with van der Waals surface area (Å²) in [4.78, 5) is 22.4. The van der Waals surface area contributed by atoms with Gasteiger partial charge in [0.1, 0.15) is 6.04 Å². The third-order valence-corrected chi connectivity index (χ3v) is 2.57. The number of carbonyl (C=O) groups excluding carboxylic acids is 1. The summed E-state index contributed by atoms with van der Waals surface area (Å²) in [7, 11) is 0. The van der Waals surface area contributed by atoms with Crippen LogP contribution in [0.1, 0.15) is 22.3 Å². The maximum Gasteiger partial charge on any atom is 0.326 e. The largest absolute Gasteiger partial charge is 0.480 e.